The van der Waals surface area contributed by atoms with E-state index in [9.17, 15) is 14.4 Å². The van der Waals surface area contributed by atoms with Gasteiger partial charge in [0.25, 0.3) is 5.91 Å². The minimum absolute atomic E-state index is 0.0428. The predicted octanol–water partition coefficient (Wildman–Crippen LogP) is 2.41. The van der Waals surface area contributed by atoms with Crippen molar-refractivity contribution in [3.8, 4) is 0 Å². The summed E-state index contributed by atoms with van der Waals surface area (Å²) in [6.07, 6.45) is 4.33. The van der Waals surface area contributed by atoms with Crippen LogP contribution >= 0.6 is 11.3 Å². The first-order valence-corrected chi connectivity index (χ1v) is 10.8. The largest absolute Gasteiger partial charge is 0.352 e. The lowest BCUT2D eigenvalue weighted by atomic mass is 9.88. The molecule has 2 atom stereocenters. The maximum atomic E-state index is 12.8. The van der Waals surface area contributed by atoms with Crippen LogP contribution in [0.15, 0.2) is 17.5 Å². The van der Waals surface area contributed by atoms with Gasteiger partial charge in [-0.2, -0.15) is 0 Å². The Balaban J connectivity index is 1.64. The highest BCUT2D eigenvalue weighted by Crippen LogP contribution is 2.33. The van der Waals surface area contributed by atoms with E-state index < -0.39 is 6.04 Å². The average Bonchev–Trinajstić information content (AvgIpc) is 3.38. The maximum absolute atomic E-state index is 12.8. The summed E-state index contributed by atoms with van der Waals surface area (Å²) < 4.78 is 0. The third-order valence-electron chi connectivity index (χ3n) is 5.56. The van der Waals surface area contributed by atoms with Crippen molar-refractivity contribution in [3.05, 3.63) is 22.4 Å². The number of nitrogens with one attached hydrogen (secondary N) is 2. The molecular formula is C20H29N3O3S. The van der Waals surface area contributed by atoms with Gasteiger partial charge in [-0.15, -0.1) is 11.3 Å². The molecule has 0 bridgehead atoms. The van der Waals surface area contributed by atoms with E-state index in [0.29, 0.717) is 18.0 Å². The molecule has 2 N–H and O–H groups in total. The predicted molar refractivity (Wildman–Crippen MR) is 105 cm³/mol. The van der Waals surface area contributed by atoms with Gasteiger partial charge in [0, 0.05) is 25.0 Å². The van der Waals surface area contributed by atoms with E-state index in [1.54, 1.807) is 6.07 Å². The van der Waals surface area contributed by atoms with Crippen LogP contribution in [0.5, 0.6) is 0 Å². The smallest absolute Gasteiger partial charge is 0.262 e. The third kappa shape index (κ3) is 5.09. The fourth-order valence-electron chi connectivity index (χ4n) is 3.49. The highest BCUT2D eigenvalue weighted by molar-refractivity contribution is 7.12. The Kier molecular flexibility index (Phi) is 6.52. The van der Waals surface area contributed by atoms with Crippen LogP contribution in [0.2, 0.25) is 0 Å². The van der Waals surface area contributed by atoms with Crippen LogP contribution in [-0.4, -0.2) is 47.8 Å². The quantitative estimate of drug-likeness (QED) is 0.749. The lowest BCUT2D eigenvalue weighted by Crippen LogP contribution is -2.55. The van der Waals surface area contributed by atoms with Crippen LogP contribution in [0.1, 0.15) is 55.6 Å². The molecule has 2 aliphatic rings. The number of rotatable bonds is 7. The topological polar surface area (TPSA) is 78.5 Å². The van der Waals surface area contributed by atoms with E-state index in [4.69, 9.17) is 0 Å². The van der Waals surface area contributed by atoms with Crippen molar-refractivity contribution in [2.45, 2.75) is 58.0 Å². The zero-order valence-corrected chi connectivity index (χ0v) is 16.9. The Hall–Kier alpha value is -1.89. The van der Waals surface area contributed by atoms with Crippen molar-refractivity contribution < 1.29 is 14.4 Å². The number of piperidine rings is 1. The molecule has 1 aromatic heterocycles. The van der Waals surface area contributed by atoms with Gasteiger partial charge in [-0.1, -0.05) is 13.0 Å². The Morgan fingerprint density at radius 2 is 1.89 bits per heavy atom. The van der Waals surface area contributed by atoms with Crippen molar-refractivity contribution in [3.63, 3.8) is 0 Å². The molecule has 0 radical (unpaired) electrons. The first-order valence-electron chi connectivity index (χ1n) is 9.93. The van der Waals surface area contributed by atoms with E-state index in [1.165, 1.54) is 11.3 Å². The molecule has 6 nitrogen and oxygen atoms in total. The minimum atomic E-state index is -0.563. The number of amides is 3. The molecule has 7 heteroatoms. The molecule has 0 spiro atoms. The van der Waals surface area contributed by atoms with Crippen LogP contribution in [0.3, 0.4) is 0 Å². The fraction of sp³-hybridized carbons (Fsp3) is 0.650. The Labute approximate surface area is 164 Å². The molecule has 1 aliphatic carbocycles. The second-order valence-corrected chi connectivity index (χ2v) is 8.63. The molecule has 1 aromatic rings. The zero-order chi connectivity index (χ0) is 19.4. The summed E-state index contributed by atoms with van der Waals surface area (Å²) in [5.74, 6) is 0.203. The number of hydrogen-bond acceptors (Lipinski definition) is 4. The van der Waals surface area contributed by atoms with E-state index >= 15 is 0 Å². The van der Waals surface area contributed by atoms with Gasteiger partial charge in [0.05, 0.1) is 4.88 Å². The molecule has 1 saturated carbocycles. The van der Waals surface area contributed by atoms with Crippen LogP contribution in [-0.2, 0) is 9.59 Å². The Morgan fingerprint density at radius 1 is 1.19 bits per heavy atom. The highest BCUT2D eigenvalue weighted by Gasteiger charge is 2.38. The van der Waals surface area contributed by atoms with Gasteiger partial charge in [-0.25, -0.2) is 0 Å². The summed E-state index contributed by atoms with van der Waals surface area (Å²) in [5.41, 5.74) is 0. The standard InChI is InChI=1S/C20H29N3O3S/c1-3-13(2)21-19(25)17(22-18(24)16-5-4-12-27-16)14-8-10-23(11-9-14)20(26)15-6-7-15/h4-5,12-15,17H,3,6-11H2,1-2H3,(H,21,25)(H,22,24). The lowest BCUT2D eigenvalue weighted by molar-refractivity contribution is -0.134. The van der Waals surface area contributed by atoms with Crippen LogP contribution in [0, 0.1) is 11.8 Å². The van der Waals surface area contributed by atoms with Crippen molar-refractivity contribution in [2.24, 2.45) is 11.8 Å². The lowest BCUT2D eigenvalue weighted by Gasteiger charge is -2.36. The van der Waals surface area contributed by atoms with Gasteiger partial charge in [-0.3, -0.25) is 14.4 Å². The first kappa shape index (κ1) is 19.9. The molecule has 2 heterocycles. The Morgan fingerprint density at radius 3 is 2.44 bits per heavy atom. The van der Waals surface area contributed by atoms with Crippen molar-refractivity contribution in [1.29, 1.82) is 0 Å². The first-order chi connectivity index (χ1) is 13.0. The summed E-state index contributed by atoms with van der Waals surface area (Å²) in [4.78, 5) is 40.2. The summed E-state index contributed by atoms with van der Waals surface area (Å²) in [7, 11) is 0. The SMILES string of the molecule is CCC(C)NC(=O)C(NC(=O)c1cccs1)C1CCN(C(=O)C2CC2)CC1. The number of carbonyl (C=O) groups is 3. The number of thiophene rings is 1. The number of carbonyl (C=O) groups excluding carboxylic acids is 3. The number of nitrogens with zero attached hydrogens (tertiary/aromatic N) is 1. The summed E-state index contributed by atoms with van der Waals surface area (Å²) in [6, 6.07) is 3.10. The van der Waals surface area contributed by atoms with E-state index in [2.05, 4.69) is 10.6 Å². The molecule has 148 valence electrons. The summed E-state index contributed by atoms with van der Waals surface area (Å²) >= 11 is 1.37. The van der Waals surface area contributed by atoms with Crippen molar-refractivity contribution in [2.75, 3.05) is 13.1 Å². The molecular weight excluding hydrogens is 362 g/mol. The second-order valence-electron chi connectivity index (χ2n) is 7.68. The second kappa shape index (κ2) is 8.87. The molecule has 1 saturated heterocycles. The maximum Gasteiger partial charge on any atom is 0.262 e. The van der Waals surface area contributed by atoms with Crippen LogP contribution in [0.4, 0.5) is 0 Å². The van der Waals surface area contributed by atoms with Crippen LogP contribution in [0.25, 0.3) is 0 Å². The molecule has 27 heavy (non-hydrogen) atoms. The number of hydrogen-bond donors (Lipinski definition) is 2. The normalized spacial score (nSPS) is 20.0. The zero-order valence-electron chi connectivity index (χ0n) is 16.1. The van der Waals surface area contributed by atoms with Gasteiger partial charge >= 0.3 is 0 Å². The minimum Gasteiger partial charge on any atom is -0.352 e. The van der Waals surface area contributed by atoms with E-state index in [0.717, 1.165) is 32.1 Å². The Bertz CT molecular complexity index is 664. The fourth-order valence-corrected chi connectivity index (χ4v) is 4.12. The molecule has 3 amide bonds. The van der Waals surface area contributed by atoms with E-state index in [1.807, 2.05) is 30.2 Å². The monoisotopic (exact) mass is 391 g/mol. The molecule has 1 aliphatic heterocycles. The summed E-state index contributed by atoms with van der Waals surface area (Å²) in [5, 5.41) is 7.81. The third-order valence-corrected chi connectivity index (χ3v) is 6.43. The average molecular weight is 392 g/mol. The highest BCUT2D eigenvalue weighted by atomic mass is 32.1. The van der Waals surface area contributed by atoms with E-state index in [-0.39, 0.29) is 35.6 Å². The number of likely N-dealkylation sites (tertiary alicyclic amines) is 1. The van der Waals surface area contributed by atoms with Crippen molar-refractivity contribution in [1.82, 2.24) is 15.5 Å². The molecule has 2 unspecified atom stereocenters. The van der Waals surface area contributed by atoms with Crippen LogP contribution < -0.4 is 10.6 Å². The molecule has 3 rings (SSSR count). The van der Waals surface area contributed by atoms with Gasteiger partial charge < -0.3 is 15.5 Å². The molecule has 2 fully saturated rings. The van der Waals surface area contributed by atoms with Gasteiger partial charge in [-0.05, 0) is 56.4 Å². The van der Waals surface area contributed by atoms with Gasteiger partial charge in [0.15, 0.2) is 0 Å². The van der Waals surface area contributed by atoms with Crippen molar-refractivity contribution >= 4 is 29.1 Å². The molecule has 0 aromatic carbocycles. The van der Waals surface area contributed by atoms with Gasteiger partial charge in [0.2, 0.25) is 11.8 Å². The van der Waals surface area contributed by atoms with Gasteiger partial charge in [0.1, 0.15) is 6.04 Å². The summed E-state index contributed by atoms with van der Waals surface area (Å²) in [6.45, 7) is 5.32.